The second-order valence-corrected chi connectivity index (χ2v) is 5.14. The van der Waals surface area contributed by atoms with Crippen LogP contribution in [0.25, 0.3) is 6.08 Å². The van der Waals surface area contributed by atoms with Gasteiger partial charge in [0.05, 0.1) is 24.8 Å². The summed E-state index contributed by atoms with van der Waals surface area (Å²) < 4.78 is 10.4. The third-order valence-corrected chi connectivity index (χ3v) is 3.52. The minimum Gasteiger partial charge on any atom is -0.497 e. The fourth-order valence-corrected chi connectivity index (χ4v) is 2.23. The summed E-state index contributed by atoms with van der Waals surface area (Å²) in [6.45, 7) is 0. The Labute approximate surface area is 145 Å². The van der Waals surface area contributed by atoms with Crippen molar-refractivity contribution in [2.45, 2.75) is 0 Å². The molecule has 1 N–H and O–H groups in total. The Morgan fingerprint density at radius 1 is 1.21 bits per heavy atom. The van der Waals surface area contributed by atoms with Crippen molar-refractivity contribution in [3.63, 3.8) is 0 Å². The average molecular weight is 343 g/mol. The molecule has 2 aromatic carbocycles. The number of benzene rings is 2. The van der Waals surface area contributed by atoms with Gasteiger partial charge in [0, 0.05) is 17.3 Å². The molecule has 0 aliphatic heterocycles. The zero-order valence-electron chi connectivity index (χ0n) is 13.2. The summed E-state index contributed by atoms with van der Waals surface area (Å²) >= 11 is 5.94. The normalized spacial score (nSPS) is 10.2. The van der Waals surface area contributed by atoms with E-state index in [4.69, 9.17) is 26.3 Å². The standard InChI is InChI=1S/C18H15ClN2O3/c1-23-15-6-7-17(24-2)12(9-15)4-8-18(22)21-14-5-3-13(11-20)16(19)10-14/h3-10H,1-2H3,(H,21,22)/b8-4+. The number of halogens is 1. The van der Waals surface area contributed by atoms with Crippen molar-refractivity contribution in [3.05, 3.63) is 58.6 Å². The molecular weight excluding hydrogens is 328 g/mol. The molecule has 0 aliphatic carbocycles. The first kappa shape index (κ1) is 17.4. The molecule has 2 rings (SSSR count). The van der Waals surface area contributed by atoms with E-state index in [-0.39, 0.29) is 10.9 Å². The maximum absolute atomic E-state index is 12.0. The molecule has 0 unspecified atom stereocenters. The van der Waals surface area contributed by atoms with Crippen LogP contribution >= 0.6 is 11.6 Å². The molecule has 0 bridgehead atoms. The van der Waals surface area contributed by atoms with E-state index < -0.39 is 0 Å². The second kappa shape index (κ2) is 8.04. The molecule has 0 radical (unpaired) electrons. The van der Waals surface area contributed by atoms with Gasteiger partial charge in [0.25, 0.3) is 0 Å². The van der Waals surface area contributed by atoms with E-state index >= 15 is 0 Å². The summed E-state index contributed by atoms with van der Waals surface area (Å²) in [6, 6.07) is 11.9. The van der Waals surface area contributed by atoms with Crippen LogP contribution in [0.4, 0.5) is 5.69 Å². The highest BCUT2D eigenvalue weighted by Crippen LogP contribution is 2.25. The predicted molar refractivity (Wildman–Crippen MR) is 93.4 cm³/mol. The second-order valence-electron chi connectivity index (χ2n) is 4.74. The molecule has 0 heterocycles. The third-order valence-electron chi connectivity index (χ3n) is 3.21. The quantitative estimate of drug-likeness (QED) is 0.837. The van der Waals surface area contributed by atoms with Crippen LogP contribution in [0, 0.1) is 11.3 Å². The Bertz CT molecular complexity index is 825. The first-order valence-corrected chi connectivity index (χ1v) is 7.36. The maximum Gasteiger partial charge on any atom is 0.248 e. The van der Waals surface area contributed by atoms with E-state index in [1.165, 1.54) is 12.1 Å². The van der Waals surface area contributed by atoms with Gasteiger partial charge in [-0.3, -0.25) is 4.79 Å². The van der Waals surface area contributed by atoms with Gasteiger partial charge in [-0.05, 0) is 42.5 Å². The highest BCUT2D eigenvalue weighted by Gasteiger charge is 2.05. The van der Waals surface area contributed by atoms with Gasteiger partial charge in [-0.1, -0.05) is 11.6 Å². The van der Waals surface area contributed by atoms with Crippen LogP contribution < -0.4 is 14.8 Å². The Morgan fingerprint density at radius 3 is 2.62 bits per heavy atom. The molecule has 1 amide bonds. The van der Waals surface area contributed by atoms with E-state index in [2.05, 4.69) is 5.32 Å². The summed E-state index contributed by atoms with van der Waals surface area (Å²) in [7, 11) is 3.12. The molecule has 2 aromatic rings. The van der Waals surface area contributed by atoms with Gasteiger partial charge < -0.3 is 14.8 Å². The first-order valence-electron chi connectivity index (χ1n) is 6.98. The summed E-state index contributed by atoms with van der Waals surface area (Å²) in [6.07, 6.45) is 3.01. The summed E-state index contributed by atoms with van der Waals surface area (Å²) in [4.78, 5) is 12.0. The fraction of sp³-hybridized carbons (Fsp3) is 0.111. The fourth-order valence-electron chi connectivity index (χ4n) is 2.00. The molecule has 0 aliphatic rings. The summed E-state index contributed by atoms with van der Waals surface area (Å²) in [5.41, 5.74) is 1.57. The minimum atomic E-state index is -0.333. The van der Waals surface area contributed by atoms with Crippen molar-refractivity contribution >= 4 is 29.3 Å². The number of carbonyl (C=O) groups is 1. The summed E-state index contributed by atoms with van der Waals surface area (Å²) in [5, 5.41) is 11.8. The molecule has 0 saturated heterocycles. The van der Waals surface area contributed by atoms with E-state index in [0.717, 1.165) is 0 Å². The summed E-state index contributed by atoms with van der Waals surface area (Å²) in [5.74, 6) is 0.955. The Kier molecular flexibility index (Phi) is 5.83. The molecule has 0 saturated carbocycles. The lowest BCUT2D eigenvalue weighted by Gasteiger charge is -2.07. The number of amides is 1. The van der Waals surface area contributed by atoms with Gasteiger partial charge in [-0.2, -0.15) is 5.26 Å². The molecule has 5 nitrogen and oxygen atoms in total. The zero-order valence-corrected chi connectivity index (χ0v) is 13.9. The van der Waals surface area contributed by atoms with Crippen molar-refractivity contribution in [3.8, 4) is 17.6 Å². The van der Waals surface area contributed by atoms with Crippen molar-refractivity contribution in [1.82, 2.24) is 0 Å². The van der Waals surface area contributed by atoms with Crippen molar-refractivity contribution in [2.75, 3.05) is 19.5 Å². The largest absolute Gasteiger partial charge is 0.497 e. The number of nitriles is 1. The number of nitrogens with zero attached hydrogens (tertiary/aromatic N) is 1. The Morgan fingerprint density at radius 2 is 2.00 bits per heavy atom. The van der Waals surface area contributed by atoms with Crippen molar-refractivity contribution in [1.29, 1.82) is 5.26 Å². The molecule has 0 atom stereocenters. The number of carbonyl (C=O) groups excluding carboxylic acids is 1. The number of nitrogens with one attached hydrogen (secondary N) is 1. The van der Waals surface area contributed by atoms with Crippen LogP contribution in [0.1, 0.15) is 11.1 Å². The number of methoxy groups -OCH3 is 2. The Hall–Kier alpha value is -2.97. The number of ether oxygens (including phenoxy) is 2. The topological polar surface area (TPSA) is 71.3 Å². The van der Waals surface area contributed by atoms with E-state index in [0.29, 0.717) is 28.3 Å². The van der Waals surface area contributed by atoms with Crippen LogP contribution in [-0.4, -0.2) is 20.1 Å². The molecule has 0 aromatic heterocycles. The lowest BCUT2D eigenvalue weighted by molar-refractivity contribution is -0.111. The molecule has 24 heavy (non-hydrogen) atoms. The lowest BCUT2D eigenvalue weighted by Crippen LogP contribution is -2.07. The van der Waals surface area contributed by atoms with Gasteiger partial charge in [-0.15, -0.1) is 0 Å². The zero-order chi connectivity index (χ0) is 17.5. The third kappa shape index (κ3) is 4.28. The number of hydrogen-bond acceptors (Lipinski definition) is 4. The predicted octanol–water partition coefficient (Wildman–Crippen LogP) is 3.88. The molecule has 122 valence electrons. The highest BCUT2D eigenvalue weighted by atomic mass is 35.5. The molecule has 0 fully saturated rings. The molecule has 6 heteroatoms. The highest BCUT2D eigenvalue weighted by molar-refractivity contribution is 6.32. The average Bonchev–Trinajstić information content (AvgIpc) is 2.59. The number of hydrogen-bond donors (Lipinski definition) is 1. The smallest absolute Gasteiger partial charge is 0.248 e. The van der Waals surface area contributed by atoms with Crippen molar-refractivity contribution in [2.24, 2.45) is 0 Å². The minimum absolute atomic E-state index is 0.286. The van der Waals surface area contributed by atoms with Crippen LogP contribution in [0.3, 0.4) is 0 Å². The van der Waals surface area contributed by atoms with Crippen LogP contribution in [0.5, 0.6) is 11.5 Å². The van der Waals surface area contributed by atoms with Gasteiger partial charge in [0.15, 0.2) is 0 Å². The SMILES string of the molecule is COc1ccc(OC)c(/C=C/C(=O)Nc2ccc(C#N)c(Cl)c2)c1. The molecule has 0 spiro atoms. The van der Waals surface area contributed by atoms with E-state index in [9.17, 15) is 4.79 Å². The van der Waals surface area contributed by atoms with Crippen LogP contribution in [0.2, 0.25) is 5.02 Å². The van der Waals surface area contributed by atoms with Crippen molar-refractivity contribution < 1.29 is 14.3 Å². The van der Waals surface area contributed by atoms with Crippen LogP contribution in [0.15, 0.2) is 42.5 Å². The monoisotopic (exact) mass is 342 g/mol. The lowest BCUT2D eigenvalue weighted by atomic mass is 10.1. The first-order chi connectivity index (χ1) is 11.6. The maximum atomic E-state index is 12.0. The van der Waals surface area contributed by atoms with E-state index in [1.54, 1.807) is 50.6 Å². The molecular formula is C18H15ClN2O3. The van der Waals surface area contributed by atoms with Gasteiger partial charge in [-0.25, -0.2) is 0 Å². The number of rotatable bonds is 5. The van der Waals surface area contributed by atoms with Gasteiger partial charge in [0.1, 0.15) is 17.6 Å². The van der Waals surface area contributed by atoms with Gasteiger partial charge >= 0.3 is 0 Å². The Balaban J connectivity index is 2.13. The number of anilines is 1. The van der Waals surface area contributed by atoms with Gasteiger partial charge in [0.2, 0.25) is 5.91 Å². The van der Waals surface area contributed by atoms with Crippen LogP contribution in [-0.2, 0) is 4.79 Å². The van der Waals surface area contributed by atoms with E-state index in [1.807, 2.05) is 6.07 Å².